The molecule has 5 rings (SSSR count). The first kappa shape index (κ1) is 50.0. The molecule has 0 amide bonds. The van der Waals surface area contributed by atoms with Crippen LogP contribution in [0.15, 0.2) is 115 Å². The Hall–Kier alpha value is -4.04. The number of benzene rings is 3. The van der Waals surface area contributed by atoms with Crippen LogP contribution in [0, 0.1) is 0 Å². The van der Waals surface area contributed by atoms with Crippen LogP contribution in [0.25, 0.3) is 0 Å². The van der Waals surface area contributed by atoms with E-state index in [1.54, 1.807) is 0 Å². The predicted octanol–water partition coefficient (Wildman–Crippen LogP) is 7.52. The number of hydrogen-bond acceptors (Lipinski definition) is 8. The Morgan fingerprint density at radius 1 is 0.750 bits per heavy atom. The van der Waals surface area contributed by atoms with Crippen LogP contribution in [0.5, 0.6) is 0 Å². The Kier molecular flexibility index (Phi) is 24.6. The molecule has 3 N–H and O–H groups in total. The van der Waals surface area contributed by atoms with E-state index in [-0.39, 0.29) is 37.5 Å². The van der Waals surface area contributed by atoms with Crippen molar-refractivity contribution in [3.63, 3.8) is 0 Å². The maximum Gasteiger partial charge on any atom is 0.329 e. The number of piperazine rings is 1. The van der Waals surface area contributed by atoms with Gasteiger partial charge in [0, 0.05) is 72.7 Å². The largest absolute Gasteiger partial charge is 0.480 e. The van der Waals surface area contributed by atoms with Gasteiger partial charge in [-0.2, -0.15) is 0 Å². The van der Waals surface area contributed by atoms with Crippen LogP contribution in [-0.2, 0) is 19.1 Å². The second-order valence-corrected chi connectivity index (χ2v) is 13.5. The van der Waals surface area contributed by atoms with E-state index in [9.17, 15) is 14.4 Å². The molecule has 2 atom stereocenters. The number of hydrogen-bond donors (Lipinski definition) is 3. The van der Waals surface area contributed by atoms with Crippen LogP contribution in [0.2, 0.25) is 10.0 Å². The van der Waals surface area contributed by atoms with Gasteiger partial charge in [-0.15, -0.1) is 24.8 Å². The number of rotatable bonds is 15. The zero-order chi connectivity index (χ0) is 39.3. The lowest BCUT2D eigenvalue weighted by Crippen LogP contribution is -2.48. The monoisotopic (exact) mass is 850 g/mol. The number of halogens is 4. The van der Waals surface area contributed by atoms with Crippen LogP contribution in [-0.4, -0.2) is 119 Å². The zero-order valence-corrected chi connectivity index (χ0v) is 34.5. The Balaban J connectivity index is 0.000000472. The molecule has 1 aliphatic rings. The van der Waals surface area contributed by atoms with Gasteiger partial charge in [0.15, 0.2) is 0 Å². The highest BCUT2D eigenvalue weighted by Crippen LogP contribution is 2.31. The highest BCUT2D eigenvalue weighted by molar-refractivity contribution is 6.30. The number of pyridine rings is 1. The summed E-state index contributed by atoms with van der Waals surface area (Å²) in [6.07, 6.45) is 4.02. The molecule has 1 aromatic heterocycles. The minimum atomic E-state index is -1.26. The fourth-order valence-corrected chi connectivity index (χ4v) is 6.04. The molecule has 1 saturated heterocycles. The van der Waals surface area contributed by atoms with E-state index in [4.69, 9.17) is 43.3 Å². The molecule has 1 fully saturated rings. The van der Waals surface area contributed by atoms with Crippen molar-refractivity contribution in [2.45, 2.75) is 18.4 Å². The smallest absolute Gasteiger partial charge is 0.329 e. The number of ether oxygens (including phenoxy) is 1. The summed E-state index contributed by atoms with van der Waals surface area (Å²) in [6.45, 7) is 5.78. The molecule has 11 nitrogen and oxygen atoms in total. The van der Waals surface area contributed by atoms with Gasteiger partial charge in [0.25, 0.3) is 0 Å². The van der Waals surface area contributed by atoms with Crippen LogP contribution < -0.4 is 0 Å². The van der Waals surface area contributed by atoms with Gasteiger partial charge >= 0.3 is 17.9 Å². The van der Waals surface area contributed by atoms with E-state index in [2.05, 4.69) is 88.4 Å². The third-order valence-electron chi connectivity index (χ3n) is 8.40. The highest BCUT2D eigenvalue weighted by Gasteiger charge is 2.26. The van der Waals surface area contributed by atoms with Gasteiger partial charge in [-0.3, -0.25) is 14.8 Å². The summed E-state index contributed by atoms with van der Waals surface area (Å²) >= 11 is 12.0. The molecule has 0 radical (unpaired) electrons. The van der Waals surface area contributed by atoms with Crippen molar-refractivity contribution < 1.29 is 34.4 Å². The average Bonchev–Trinajstić information content (AvgIpc) is 3.16. The minimum absolute atomic E-state index is 0. The Labute approximate surface area is 351 Å². The van der Waals surface area contributed by atoms with Crippen molar-refractivity contribution >= 4 is 65.9 Å². The van der Waals surface area contributed by atoms with Crippen molar-refractivity contribution in [2.24, 2.45) is 0 Å². The maximum atomic E-state index is 10.5. The first-order valence-electron chi connectivity index (χ1n) is 17.4. The van der Waals surface area contributed by atoms with Crippen molar-refractivity contribution in [1.82, 2.24) is 19.7 Å². The van der Waals surface area contributed by atoms with Crippen molar-refractivity contribution in [3.05, 3.63) is 148 Å². The van der Waals surface area contributed by atoms with Crippen LogP contribution in [0.4, 0.5) is 0 Å². The first-order valence-corrected chi connectivity index (χ1v) is 18.2. The summed E-state index contributed by atoms with van der Waals surface area (Å²) in [5.74, 6) is -3.12. The van der Waals surface area contributed by atoms with E-state index < -0.39 is 17.9 Å². The van der Waals surface area contributed by atoms with Gasteiger partial charge in [0.2, 0.25) is 0 Å². The van der Waals surface area contributed by atoms with Crippen molar-refractivity contribution in [1.29, 1.82) is 0 Å². The van der Waals surface area contributed by atoms with E-state index in [0.717, 1.165) is 61.4 Å². The Bertz CT molecular complexity index is 1710. The van der Waals surface area contributed by atoms with Crippen molar-refractivity contribution in [2.75, 3.05) is 66.6 Å². The molecular weight excluding hydrogens is 802 g/mol. The van der Waals surface area contributed by atoms with E-state index in [1.165, 1.54) is 16.7 Å². The van der Waals surface area contributed by atoms with Crippen LogP contribution in [0.1, 0.15) is 40.8 Å². The third-order valence-corrected chi connectivity index (χ3v) is 8.91. The molecule has 15 heteroatoms. The van der Waals surface area contributed by atoms with Gasteiger partial charge in [-0.05, 0) is 80.1 Å². The average molecular weight is 853 g/mol. The van der Waals surface area contributed by atoms with E-state index >= 15 is 0 Å². The molecule has 4 aromatic rings. The van der Waals surface area contributed by atoms with E-state index in [1.807, 2.05) is 48.7 Å². The molecule has 0 bridgehead atoms. The molecule has 0 spiro atoms. The van der Waals surface area contributed by atoms with Gasteiger partial charge in [0.1, 0.15) is 6.61 Å². The lowest BCUT2D eigenvalue weighted by Gasteiger charge is -2.39. The molecule has 0 aliphatic carbocycles. The fraction of sp³-hybridized carbons (Fsp3) is 0.317. The standard InChI is InChI=1S/C21H25ClN2O3.C16H19ClN2.C4H4O4.2ClH/c22-19-8-6-18(7-9-19)21(17-4-2-1-3-5-17)24-12-10-23(11-13-24)14-15-27-16-20(25)26;1-19(2)12-10-15(16-5-3-4-11-18-16)13-6-8-14(17)9-7-13;5-3(6)1-2-4(7)8;;/h1-9,21H,10-16H2,(H,25,26);3-9,11,15H,10,12H2,1-2H3;1-2H,(H,5,6)(H,7,8);2*1H/b;;2-1-;;. The zero-order valence-electron chi connectivity index (χ0n) is 31.3. The van der Waals surface area contributed by atoms with Gasteiger partial charge < -0.3 is 25.0 Å². The van der Waals surface area contributed by atoms with Gasteiger partial charge in [0.05, 0.1) is 12.6 Å². The molecule has 2 unspecified atom stereocenters. The summed E-state index contributed by atoms with van der Waals surface area (Å²) in [4.78, 5) is 41.1. The SMILES string of the molecule is CN(C)CCC(c1ccc(Cl)cc1)c1ccccn1.Cl.Cl.O=C(O)/C=C\C(=O)O.O=C(O)COCCN1CCN(C(c2ccccc2)c2ccc(Cl)cc2)CC1. The Morgan fingerprint density at radius 2 is 1.27 bits per heavy atom. The topological polar surface area (TPSA) is 144 Å². The number of aliphatic carboxylic acids is 3. The summed E-state index contributed by atoms with van der Waals surface area (Å²) < 4.78 is 5.15. The molecule has 56 heavy (non-hydrogen) atoms. The predicted molar refractivity (Wildman–Crippen MR) is 226 cm³/mol. The number of aromatic nitrogens is 1. The quantitative estimate of drug-likeness (QED) is 0.0808. The molecule has 1 aliphatic heterocycles. The van der Waals surface area contributed by atoms with Gasteiger partial charge in [-0.25, -0.2) is 14.4 Å². The van der Waals surface area contributed by atoms with E-state index in [0.29, 0.717) is 24.7 Å². The fourth-order valence-electron chi connectivity index (χ4n) is 5.79. The molecule has 0 saturated carbocycles. The number of carboxylic acids is 3. The number of carbonyl (C=O) groups is 3. The van der Waals surface area contributed by atoms with Crippen LogP contribution in [0.3, 0.4) is 0 Å². The number of nitrogens with zero attached hydrogens (tertiary/aromatic N) is 4. The van der Waals surface area contributed by atoms with Crippen molar-refractivity contribution in [3.8, 4) is 0 Å². The molecule has 304 valence electrons. The lowest BCUT2D eigenvalue weighted by atomic mass is 9.92. The summed E-state index contributed by atoms with van der Waals surface area (Å²) in [5, 5.41) is 25.8. The summed E-state index contributed by atoms with van der Waals surface area (Å²) in [7, 11) is 4.19. The second kappa shape index (κ2) is 27.5. The second-order valence-electron chi connectivity index (χ2n) is 12.6. The lowest BCUT2D eigenvalue weighted by molar-refractivity contribution is -0.142. The summed E-state index contributed by atoms with van der Waals surface area (Å²) in [6, 6.07) is 33.0. The normalized spacial score (nSPS) is 13.8. The molecule has 3 aromatic carbocycles. The third kappa shape index (κ3) is 19.2. The minimum Gasteiger partial charge on any atom is -0.480 e. The number of carboxylic acid groups (broad SMARTS) is 3. The summed E-state index contributed by atoms with van der Waals surface area (Å²) in [5.41, 5.74) is 4.90. The molecule has 2 heterocycles. The van der Waals surface area contributed by atoms with Crippen LogP contribution >= 0.6 is 48.0 Å². The first-order chi connectivity index (χ1) is 25.9. The van der Waals surface area contributed by atoms with Gasteiger partial charge in [-0.1, -0.05) is 83.9 Å². The Morgan fingerprint density at radius 3 is 1.75 bits per heavy atom. The maximum absolute atomic E-state index is 10.5. The highest BCUT2D eigenvalue weighted by atomic mass is 35.5. The molecular formula is C41H50Cl4N4O7.